The number of hydrogen-bond acceptors (Lipinski definition) is 2. The summed E-state index contributed by atoms with van der Waals surface area (Å²) in [5.74, 6) is 1.50. The molecule has 0 aliphatic heterocycles. The number of aryl methyl sites for hydroxylation is 1. The van der Waals surface area contributed by atoms with Crippen LogP contribution in [0.3, 0.4) is 0 Å². The van der Waals surface area contributed by atoms with E-state index in [1.807, 2.05) is 25.1 Å². The van der Waals surface area contributed by atoms with Crippen LogP contribution in [0.15, 0.2) is 18.2 Å². The second kappa shape index (κ2) is 5.42. The van der Waals surface area contributed by atoms with Crippen molar-refractivity contribution in [1.82, 2.24) is 5.32 Å². The van der Waals surface area contributed by atoms with Crippen LogP contribution in [0.25, 0.3) is 0 Å². The Kier molecular flexibility index (Phi) is 3.90. The van der Waals surface area contributed by atoms with Gasteiger partial charge in [0.1, 0.15) is 5.75 Å². The molecule has 2 atom stereocenters. The first-order valence-electron chi connectivity index (χ1n) is 6.55. The molecule has 0 radical (unpaired) electrons. The fourth-order valence-electron chi connectivity index (χ4n) is 2.57. The Morgan fingerprint density at radius 1 is 1.39 bits per heavy atom. The summed E-state index contributed by atoms with van der Waals surface area (Å²) in [5, 5.41) is 3.10. The molecule has 1 aromatic carbocycles. The van der Waals surface area contributed by atoms with Gasteiger partial charge < -0.3 is 10.1 Å². The zero-order valence-electron chi connectivity index (χ0n) is 11.3. The van der Waals surface area contributed by atoms with Gasteiger partial charge in [-0.25, -0.2) is 0 Å². The molecule has 1 aliphatic rings. The average molecular weight is 247 g/mol. The number of rotatable bonds is 3. The predicted octanol–water partition coefficient (Wildman–Crippen LogP) is 2.92. The minimum atomic E-state index is 0.00685. The Bertz CT molecular complexity index is 442. The lowest BCUT2D eigenvalue weighted by molar-refractivity contribution is 0.0937. The van der Waals surface area contributed by atoms with Crippen LogP contribution in [-0.2, 0) is 0 Å². The average Bonchev–Trinajstić information content (AvgIpc) is 2.75. The van der Waals surface area contributed by atoms with Crippen molar-refractivity contribution in [2.24, 2.45) is 5.92 Å². The quantitative estimate of drug-likeness (QED) is 0.892. The first-order chi connectivity index (χ1) is 8.60. The smallest absolute Gasteiger partial charge is 0.251 e. The lowest BCUT2D eigenvalue weighted by atomic mass is 10.1. The highest BCUT2D eigenvalue weighted by Crippen LogP contribution is 2.25. The maximum absolute atomic E-state index is 12.1. The summed E-state index contributed by atoms with van der Waals surface area (Å²) in [6.07, 6.45) is 3.40. The van der Waals surface area contributed by atoms with E-state index in [-0.39, 0.29) is 5.91 Å². The number of nitrogens with one attached hydrogen (secondary N) is 1. The van der Waals surface area contributed by atoms with Crippen LogP contribution in [0.4, 0.5) is 0 Å². The fraction of sp³-hybridized carbons (Fsp3) is 0.533. The van der Waals surface area contributed by atoms with Gasteiger partial charge in [0, 0.05) is 11.6 Å². The molecule has 0 heterocycles. The molecule has 1 aliphatic carbocycles. The number of amides is 1. The first kappa shape index (κ1) is 12.9. The van der Waals surface area contributed by atoms with Crippen LogP contribution < -0.4 is 10.1 Å². The number of methoxy groups -OCH3 is 1. The largest absolute Gasteiger partial charge is 0.496 e. The van der Waals surface area contributed by atoms with Gasteiger partial charge in [-0.05, 0) is 49.8 Å². The molecule has 0 aromatic heterocycles. The second-order valence-corrected chi connectivity index (χ2v) is 5.27. The maximum atomic E-state index is 12.1. The van der Waals surface area contributed by atoms with E-state index >= 15 is 0 Å². The van der Waals surface area contributed by atoms with Gasteiger partial charge in [0.2, 0.25) is 0 Å². The van der Waals surface area contributed by atoms with Crippen LogP contribution in [-0.4, -0.2) is 19.1 Å². The monoisotopic (exact) mass is 247 g/mol. The van der Waals surface area contributed by atoms with Crippen molar-refractivity contribution in [3.05, 3.63) is 29.3 Å². The molecule has 2 unspecified atom stereocenters. The minimum absolute atomic E-state index is 0.00685. The van der Waals surface area contributed by atoms with Crippen molar-refractivity contribution in [2.45, 2.75) is 39.2 Å². The molecule has 1 N–H and O–H groups in total. The standard InChI is InChI=1S/C15H21NO2/c1-10-4-7-13(8-10)16-15(17)12-6-5-11(2)14(9-12)18-3/h5-6,9-10,13H,4,7-8H2,1-3H3,(H,16,17). The van der Waals surface area contributed by atoms with E-state index in [0.717, 1.165) is 30.1 Å². The Hall–Kier alpha value is -1.51. The van der Waals surface area contributed by atoms with Gasteiger partial charge in [0.05, 0.1) is 7.11 Å². The van der Waals surface area contributed by atoms with E-state index in [1.54, 1.807) is 7.11 Å². The Morgan fingerprint density at radius 2 is 2.17 bits per heavy atom. The van der Waals surface area contributed by atoms with Crippen LogP contribution >= 0.6 is 0 Å². The van der Waals surface area contributed by atoms with Gasteiger partial charge in [-0.1, -0.05) is 13.0 Å². The van der Waals surface area contributed by atoms with E-state index in [2.05, 4.69) is 12.2 Å². The van der Waals surface area contributed by atoms with E-state index in [9.17, 15) is 4.79 Å². The topological polar surface area (TPSA) is 38.3 Å². The summed E-state index contributed by atoms with van der Waals surface area (Å²) >= 11 is 0. The van der Waals surface area contributed by atoms with Gasteiger partial charge >= 0.3 is 0 Å². The third-order valence-corrected chi connectivity index (χ3v) is 3.70. The van der Waals surface area contributed by atoms with Gasteiger partial charge in [-0.15, -0.1) is 0 Å². The maximum Gasteiger partial charge on any atom is 0.251 e. The van der Waals surface area contributed by atoms with Gasteiger partial charge in [-0.2, -0.15) is 0 Å². The summed E-state index contributed by atoms with van der Waals surface area (Å²) < 4.78 is 5.24. The lowest BCUT2D eigenvalue weighted by Crippen LogP contribution is -2.32. The van der Waals surface area contributed by atoms with Crippen LogP contribution in [0.1, 0.15) is 42.1 Å². The third-order valence-electron chi connectivity index (χ3n) is 3.70. The third kappa shape index (κ3) is 2.84. The second-order valence-electron chi connectivity index (χ2n) is 5.27. The number of hydrogen-bond donors (Lipinski definition) is 1. The highest BCUT2D eigenvalue weighted by molar-refractivity contribution is 5.94. The van der Waals surface area contributed by atoms with E-state index < -0.39 is 0 Å². The Morgan fingerprint density at radius 3 is 2.78 bits per heavy atom. The fourth-order valence-corrected chi connectivity index (χ4v) is 2.57. The molecule has 0 spiro atoms. The van der Waals surface area contributed by atoms with Crippen molar-refractivity contribution in [3.63, 3.8) is 0 Å². The highest BCUT2D eigenvalue weighted by atomic mass is 16.5. The summed E-state index contributed by atoms with van der Waals surface area (Å²) in [7, 11) is 1.63. The molecule has 3 heteroatoms. The molecule has 98 valence electrons. The van der Waals surface area contributed by atoms with E-state index in [4.69, 9.17) is 4.74 Å². The summed E-state index contributed by atoms with van der Waals surface area (Å²) in [6, 6.07) is 5.92. The van der Waals surface area contributed by atoms with Gasteiger partial charge in [0.15, 0.2) is 0 Å². The van der Waals surface area contributed by atoms with E-state index in [1.165, 1.54) is 6.42 Å². The molecular weight excluding hydrogens is 226 g/mol. The molecule has 1 aromatic rings. The normalized spacial score (nSPS) is 22.8. The van der Waals surface area contributed by atoms with Crippen molar-refractivity contribution in [3.8, 4) is 5.75 Å². The summed E-state index contributed by atoms with van der Waals surface area (Å²) in [5.41, 5.74) is 1.72. The molecule has 0 bridgehead atoms. The molecule has 1 fully saturated rings. The summed E-state index contributed by atoms with van der Waals surface area (Å²) in [6.45, 7) is 4.21. The van der Waals surface area contributed by atoms with Gasteiger partial charge in [-0.3, -0.25) is 4.79 Å². The van der Waals surface area contributed by atoms with E-state index in [0.29, 0.717) is 11.6 Å². The SMILES string of the molecule is COc1cc(C(=O)NC2CCC(C)C2)ccc1C. The van der Waals surface area contributed by atoms with Crippen LogP contribution in [0.5, 0.6) is 5.75 Å². The molecule has 3 nitrogen and oxygen atoms in total. The van der Waals surface area contributed by atoms with Crippen molar-refractivity contribution >= 4 is 5.91 Å². The Labute approximate surface area is 109 Å². The molecule has 1 saturated carbocycles. The zero-order valence-corrected chi connectivity index (χ0v) is 11.3. The number of ether oxygens (including phenoxy) is 1. The number of carbonyl (C=O) groups excluding carboxylic acids is 1. The van der Waals surface area contributed by atoms with Crippen molar-refractivity contribution < 1.29 is 9.53 Å². The zero-order chi connectivity index (χ0) is 13.1. The molecule has 18 heavy (non-hydrogen) atoms. The van der Waals surface area contributed by atoms with Crippen LogP contribution in [0.2, 0.25) is 0 Å². The molecular formula is C15H21NO2. The van der Waals surface area contributed by atoms with Crippen molar-refractivity contribution in [1.29, 1.82) is 0 Å². The number of carbonyl (C=O) groups is 1. The molecule has 1 amide bonds. The highest BCUT2D eigenvalue weighted by Gasteiger charge is 2.23. The molecule has 0 saturated heterocycles. The van der Waals surface area contributed by atoms with Gasteiger partial charge in [0.25, 0.3) is 5.91 Å². The first-order valence-corrected chi connectivity index (χ1v) is 6.55. The van der Waals surface area contributed by atoms with Crippen LogP contribution in [0, 0.1) is 12.8 Å². The predicted molar refractivity (Wildman–Crippen MR) is 72.0 cm³/mol. The molecule has 2 rings (SSSR count). The summed E-state index contributed by atoms with van der Waals surface area (Å²) in [4.78, 5) is 12.1. The van der Waals surface area contributed by atoms with Crippen molar-refractivity contribution in [2.75, 3.05) is 7.11 Å². The minimum Gasteiger partial charge on any atom is -0.496 e. The Balaban J connectivity index is 2.04. The number of benzene rings is 1. The lowest BCUT2D eigenvalue weighted by Gasteiger charge is -2.13.